The van der Waals surface area contributed by atoms with Gasteiger partial charge in [-0.3, -0.25) is 9.78 Å². The fourth-order valence-electron chi connectivity index (χ4n) is 3.76. The molecule has 8 heteroatoms. The van der Waals surface area contributed by atoms with Crippen LogP contribution >= 0.6 is 23.2 Å². The van der Waals surface area contributed by atoms with E-state index in [9.17, 15) is 9.90 Å². The molecule has 4 aromatic rings. The SMILES string of the molecule is CCC(C)CCOc1ccc(Nc2c(C(C)=O)cnc3ccc(-c4cc(Cl)c(O)c(Cl)c4)cc23)cn1. The highest BCUT2D eigenvalue weighted by Gasteiger charge is 2.15. The summed E-state index contributed by atoms with van der Waals surface area (Å²) in [7, 11) is 0. The van der Waals surface area contributed by atoms with E-state index in [1.54, 1.807) is 24.5 Å². The minimum Gasteiger partial charge on any atom is -0.505 e. The molecule has 0 bridgehead atoms. The van der Waals surface area contributed by atoms with Gasteiger partial charge in [-0.05, 0) is 60.7 Å². The Morgan fingerprint density at radius 2 is 1.81 bits per heavy atom. The third-order valence-electron chi connectivity index (χ3n) is 6.16. The molecule has 2 N–H and O–H groups in total. The van der Waals surface area contributed by atoms with Crippen LogP contribution in [0.2, 0.25) is 10.0 Å². The number of carbonyl (C=O) groups is 1. The lowest BCUT2D eigenvalue weighted by atomic mass is 10.00. The number of fused-ring (bicyclic) bond motifs is 1. The monoisotopic (exact) mass is 523 g/mol. The first-order chi connectivity index (χ1) is 17.3. The fourth-order valence-corrected chi connectivity index (χ4v) is 4.25. The lowest BCUT2D eigenvalue weighted by molar-refractivity contribution is 0.101. The van der Waals surface area contributed by atoms with Gasteiger partial charge in [0.25, 0.3) is 0 Å². The molecule has 0 saturated carbocycles. The summed E-state index contributed by atoms with van der Waals surface area (Å²) in [6, 6.07) is 12.6. The van der Waals surface area contributed by atoms with Crippen molar-refractivity contribution in [3.05, 3.63) is 70.5 Å². The molecule has 1 unspecified atom stereocenters. The molecule has 0 aliphatic heterocycles. The average Bonchev–Trinajstić information content (AvgIpc) is 2.87. The summed E-state index contributed by atoms with van der Waals surface area (Å²) in [6.07, 6.45) is 5.34. The van der Waals surface area contributed by atoms with Gasteiger partial charge >= 0.3 is 0 Å². The van der Waals surface area contributed by atoms with E-state index in [0.29, 0.717) is 40.9 Å². The van der Waals surface area contributed by atoms with Crippen molar-refractivity contribution in [2.24, 2.45) is 5.92 Å². The summed E-state index contributed by atoms with van der Waals surface area (Å²) < 4.78 is 5.77. The van der Waals surface area contributed by atoms with Crippen LogP contribution in [0.1, 0.15) is 44.0 Å². The number of aromatic nitrogens is 2. The number of phenolic OH excluding ortho intramolecular Hbond substituents is 1. The fraction of sp³-hybridized carbons (Fsp3) is 0.250. The van der Waals surface area contributed by atoms with Gasteiger partial charge in [-0.15, -0.1) is 0 Å². The summed E-state index contributed by atoms with van der Waals surface area (Å²) in [5, 5.41) is 14.3. The molecule has 6 nitrogen and oxygen atoms in total. The molecular formula is C28H27Cl2N3O3. The number of nitrogens with one attached hydrogen (secondary N) is 1. The number of benzene rings is 2. The van der Waals surface area contributed by atoms with Gasteiger partial charge in [-0.25, -0.2) is 4.98 Å². The highest BCUT2D eigenvalue weighted by Crippen LogP contribution is 2.38. The normalized spacial score (nSPS) is 11.9. The first-order valence-electron chi connectivity index (χ1n) is 11.7. The summed E-state index contributed by atoms with van der Waals surface area (Å²) >= 11 is 12.3. The van der Waals surface area contributed by atoms with Crippen LogP contribution in [0.3, 0.4) is 0 Å². The van der Waals surface area contributed by atoms with E-state index in [4.69, 9.17) is 27.9 Å². The first-order valence-corrected chi connectivity index (χ1v) is 12.5. The second-order valence-electron chi connectivity index (χ2n) is 8.78. The van der Waals surface area contributed by atoms with E-state index in [-0.39, 0.29) is 21.6 Å². The average molecular weight is 524 g/mol. The van der Waals surface area contributed by atoms with Crippen molar-refractivity contribution in [2.45, 2.75) is 33.6 Å². The highest BCUT2D eigenvalue weighted by atomic mass is 35.5. The van der Waals surface area contributed by atoms with E-state index >= 15 is 0 Å². The van der Waals surface area contributed by atoms with Gasteiger partial charge in [-0.1, -0.05) is 49.5 Å². The van der Waals surface area contributed by atoms with Gasteiger partial charge in [0.1, 0.15) is 0 Å². The van der Waals surface area contributed by atoms with Gasteiger partial charge in [0.2, 0.25) is 5.88 Å². The largest absolute Gasteiger partial charge is 0.505 e. The van der Waals surface area contributed by atoms with Crippen LogP contribution in [0.15, 0.2) is 54.9 Å². The quantitative estimate of drug-likeness (QED) is 0.216. The zero-order chi connectivity index (χ0) is 25.8. The number of rotatable bonds is 9. The molecule has 0 aliphatic carbocycles. The van der Waals surface area contributed by atoms with Crippen molar-refractivity contribution >= 4 is 51.3 Å². The number of phenols is 1. The van der Waals surface area contributed by atoms with E-state index in [1.165, 1.54) is 6.92 Å². The molecular weight excluding hydrogens is 497 g/mol. The van der Waals surface area contributed by atoms with Crippen LogP contribution in [0.25, 0.3) is 22.0 Å². The lowest BCUT2D eigenvalue weighted by Crippen LogP contribution is -2.05. The molecule has 2 heterocycles. The van der Waals surface area contributed by atoms with Crippen LogP contribution in [-0.4, -0.2) is 27.5 Å². The zero-order valence-electron chi connectivity index (χ0n) is 20.3. The molecule has 1 atom stereocenters. The number of hydrogen-bond acceptors (Lipinski definition) is 6. The zero-order valence-corrected chi connectivity index (χ0v) is 21.8. The topological polar surface area (TPSA) is 84.3 Å². The van der Waals surface area contributed by atoms with Crippen LogP contribution in [0, 0.1) is 5.92 Å². The van der Waals surface area contributed by atoms with E-state index in [0.717, 1.165) is 29.4 Å². The Bertz CT molecular complexity index is 1380. The van der Waals surface area contributed by atoms with Crippen molar-refractivity contribution in [1.82, 2.24) is 9.97 Å². The van der Waals surface area contributed by atoms with Crippen LogP contribution < -0.4 is 10.1 Å². The van der Waals surface area contributed by atoms with Crippen molar-refractivity contribution in [3.63, 3.8) is 0 Å². The van der Waals surface area contributed by atoms with Crippen molar-refractivity contribution < 1.29 is 14.6 Å². The van der Waals surface area contributed by atoms with Gasteiger partial charge in [0.05, 0.1) is 45.3 Å². The number of anilines is 2. The number of nitrogens with zero attached hydrogens (tertiary/aromatic N) is 2. The summed E-state index contributed by atoms with van der Waals surface area (Å²) in [5.41, 5.74) is 4.03. The number of aromatic hydroxyl groups is 1. The summed E-state index contributed by atoms with van der Waals surface area (Å²) in [5.74, 6) is 0.879. The molecule has 186 valence electrons. The maximum Gasteiger partial charge on any atom is 0.213 e. The summed E-state index contributed by atoms with van der Waals surface area (Å²) in [6.45, 7) is 6.49. The molecule has 0 saturated heterocycles. The minimum absolute atomic E-state index is 0.119. The van der Waals surface area contributed by atoms with Crippen molar-refractivity contribution in [2.75, 3.05) is 11.9 Å². The van der Waals surface area contributed by atoms with Crippen LogP contribution in [0.4, 0.5) is 11.4 Å². The Hall–Kier alpha value is -3.35. The smallest absolute Gasteiger partial charge is 0.213 e. The Kier molecular flexibility index (Phi) is 7.97. The third-order valence-corrected chi connectivity index (χ3v) is 6.74. The second-order valence-corrected chi connectivity index (χ2v) is 9.60. The summed E-state index contributed by atoms with van der Waals surface area (Å²) in [4.78, 5) is 21.3. The van der Waals surface area contributed by atoms with Crippen molar-refractivity contribution in [3.8, 4) is 22.8 Å². The van der Waals surface area contributed by atoms with E-state index in [2.05, 4.69) is 29.1 Å². The molecule has 2 aromatic carbocycles. The van der Waals surface area contributed by atoms with Gasteiger partial charge < -0.3 is 15.2 Å². The molecule has 2 aromatic heterocycles. The van der Waals surface area contributed by atoms with Crippen molar-refractivity contribution in [1.29, 1.82) is 0 Å². The number of Topliss-reactive ketones (excluding diaryl/α,β-unsaturated/α-hetero) is 1. The maximum absolute atomic E-state index is 12.5. The molecule has 0 fully saturated rings. The third kappa shape index (κ3) is 5.72. The first kappa shape index (κ1) is 25.7. The van der Waals surface area contributed by atoms with Gasteiger partial charge in [0.15, 0.2) is 11.5 Å². The standard InChI is InChI=1S/C28H27Cl2N3O3/c1-4-16(2)9-10-36-26-8-6-20(14-32-26)33-27-21-11-18(19-12-23(29)28(35)24(30)13-19)5-7-25(21)31-15-22(27)17(3)34/h5-8,11-16,35H,4,9-10H2,1-3H3,(H,31,33). The Balaban J connectivity index is 1.68. The van der Waals surface area contributed by atoms with Gasteiger partial charge in [0, 0.05) is 17.6 Å². The number of pyridine rings is 2. The Morgan fingerprint density at radius 3 is 2.44 bits per heavy atom. The molecule has 0 spiro atoms. The van der Waals surface area contributed by atoms with Gasteiger partial charge in [-0.2, -0.15) is 0 Å². The predicted octanol–water partition coefficient (Wildman–Crippen LogP) is 8.07. The second kappa shape index (κ2) is 11.1. The van der Waals surface area contributed by atoms with E-state index in [1.807, 2.05) is 30.3 Å². The number of hydrogen-bond donors (Lipinski definition) is 2. The molecule has 0 amide bonds. The highest BCUT2D eigenvalue weighted by molar-refractivity contribution is 6.37. The molecule has 36 heavy (non-hydrogen) atoms. The number of ketones is 1. The van der Waals surface area contributed by atoms with Crippen LogP contribution in [0.5, 0.6) is 11.6 Å². The minimum atomic E-state index is -0.162. The Labute approximate surface area is 220 Å². The van der Waals surface area contributed by atoms with E-state index < -0.39 is 0 Å². The number of ether oxygens (including phenoxy) is 1. The number of halogens is 2. The molecule has 4 rings (SSSR count). The number of carbonyl (C=O) groups excluding carboxylic acids is 1. The van der Waals surface area contributed by atoms with Crippen LogP contribution in [-0.2, 0) is 0 Å². The maximum atomic E-state index is 12.5. The Morgan fingerprint density at radius 1 is 1.06 bits per heavy atom. The molecule has 0 radical (unpaired) electrons. The lowest BCUT2D eigenvalue weighted by Gasteiger charge is -2.15. The predicted molar refractivity (Wildman–Crippen MR) is 146 cm³/mol. The molecule has 0 aliphatic rings.